The van der Waals surface area contributed by atoms with Crippen LogP contribution in [0.2, 0.25) is 0 Å². The molecule has 1 rings (SSSR count). The molecule has 0 saturated carbocycles. The van der Waals surface area contributed by atoms with Crippen LogP contribution in [-0.2, 0) is 0 Å². The molecule has 0 aliphatic rings. The predicted molar refractivity (Wildman–Crippen MR) is 58.4 cm³/mol. The summed E-state index contributed by atoms with van der Waals surface area (Å²) < 4.78 is 0. The number of hydrogen-bond donors (Lipinski definition) is 2. The molecule has 1 atom stereocenters. The highest BCUT2D eigenvalue weighted by molar-refractivity contribution is 5.38. The van der Waals surface area contributed by atoms with Crippen molar-refractivity contribution in [2.75, 3.05) is 11.9 Å². The summed E-state index contributed by atoms with van der Waals surface area (Å²) >= 11 is 0. The number of aryl methyl sites for hydroxylation is 1. The van der Waals surface area contributed by atoms with Gasteiger partial charge >= 0.3 is 0 Å². The van der Waals surface area contributed by atoms with Crippen LogP contribution in [0.1, 0.15) is 37.6 Å². The third-order valence-corrected chi connectivity index (χ3v) is 2.13. The first kappa shape index (κ1) is 11.0. The maximum absolute atomic E-state index is 9.41. The first-order valence-corrected chi connectivity index (χ1v) is 5.04. The van der Waals surface area contributed by atoms with Crippen LogP contribution in [0.3, 0.4) is 0 Å². The molecule has 14 heavy (non-hydrogen) atoms. The number of anilines is 1. The molecule has 0 fully saturated rings. The minimum absolute atomic E-state index is 0.442. The second-order valence-electron chi connectivity index (χ2n) is 3.47. The topological polar surface area (TPSA) is 45.1 Å². The Morgan fingerprint density at radius 2 is 2.21 bits per heavy atom. The number of nitrogens with zero attached hydrogens (tertiary/aromatic N) is 1. The second-order valence-corrected chi connectivity index (χ2v) is 3.47. The highest BCUT2D eigenvalue weighted by Gasteiger charge is 2.05. The van der Waals surface area contributed by atoms with E-state index in [1.54, 1.807) is 6.92 Å². The first-order valence-electron chi connectivity index (χ1n) is 5.04. The van der Waals surface area contributed by atoms with Gasteiger partial charge in [0, 0.05) is 17.8 Å². The molecule has 3 heteroatoms. The van der Waals surface area contributed by atoms with E-state index in [9.17, 15) is 5.11 Å². The molecule has 0 radical (unpaired) electrons. The Morgan fingerprint density at radius 1 is 1.50 bits per heavy atom. The first-order chi connectivity index (χ1) is 6.65. The van der Waals surface area contributed by atoms with Crippen molar-refractivity contribution in [2.45, 2.75) is 33.3 Å². The number of pyridine rings is 1. The van der Waals surface area contributed by atoms with E-state index in [0.29, 0.717) is 0 Å². The molecule has 0 aliphatic heterocycles. The zero-order valence-electron chi connectivity index (χ0n) is 9.04. The molecular weight excluding hydrogens is 176 g/mol. The van der Waals surface area contributed by atoms with Crippen LogP contribution in [0.4, 0.5) is 5.82 Å². The van der Waals surface area contributed by atoms with Gasteiger partial charge in [0.05, 0.1) is 6.10 Å². The lowest BCUT2D eigenvalue weighted by Crippen LogP contribution is -2.04. The van der Waals surface area contributed by atoms with E-state index in [2.05, 4.69) is 17.2 Å². The fraction of sp³-hybridized carbons (Fsp3) is 0.545. The summed E-state index contributed by atoms with van der Waals surface area (Å²) in [5, 5.41) is 12.6. The van der Waals surface area contributed by atoms with Crippen molar-refractivity contribution in [3.05, 3.63) is 23.4 Å². The molecule has 1 aromatic heterocycles. The van der Waals surface area contributed by atoms with Crippen molar-refractivity contribution < 1.29 is 5.11 Å². The van der Waals surface area contributed by atoms with Gasteiger partial charge in [0.2, 0.25) is 0 Å². The van der Waals surface area contributed by atoms with Crippen LogP contribution in [-0.4, -0.2) is 16.6 Å². The van der Waals surface area contributed by atoms with Crippen LogP contribution in [0, 0.1) is 6.92 Å². The fourth-order valence-corrected chi connectivity index (χ4v) is 1.36. The number of aliphatic hydroxyl groups is 1. The zero-order chi connectivity index (χ0) is 10.6. The lowest BCUT2D eigenvalue weighted by Gasteiger charge is -2.10. The third kappa shape index (κ3) is 2.70. The average Bonchev–Trinajstić information content (AvgIpc) is 2.14. The maximum Gasteiger partial charge on any atom is 0.126 e. The average molecular weight is 194 g/mol. The summed E-state index contributed by atoms with van der Waals surface area (Å²) in [6.07, 6.45) is 0.640. The van der Waals surface area contributed by atoms with Crippen molar-refractivity contribution in [3.8, 4) is 0 Å². The molecule has 78 valence electrons. The number of nitrogens with one attached hydrogen (secondary N) is 1. The van der Waals surface area contributed by atoms with Gasteiger partial charge in [0.1, 0.15) is 5.82 Å². The Balaban J connectivity index is 2.78. The lowest BCUT2D eigenvalue weighted by molar-refractivity contribution is 0.198. The van der Waals surface area contributed by atoms with Gasteiger partial charge in [-0.2, -0.15) is 0 Å². The van der Waals surface area contributed by atoms with Gasteiger partial charge in [-0.3, -0.25) is 0 Å². The lowest BCUT2D eigenvalue weighted by atomic mass is 10.1. The fourth-order valence-electron chi connectivity index (χ4n) is 1.36. The monoisotopic (exact) mass is 194 g/mol. The SMILES string of the molecule is CCCNc1ccc([C@@H](C)O)c(C)n1. The molecule has 0 unspecified atom stereocenters. The van der Waals surface area contributed by atoms with E-state index in [1.807, 2.05) is 19.1 Å². The third-order valence-electron chi connectivity index (χ3n) is 2.13. The predicted octanol–water partition coefficient (Wildman–Crippen LogP) is 2.27. The zero-order valence-corrected chi connectivity index (χ0v) is 9.04. The summed E-state index contributed by atoms with van der Waals surface area (Å²) in [6.45, 7) is 6.72. The van der Waals surface area contributed by atoms with Crippen LogP contribution in [0.15, 0.2) is 12.1 Å². The van der Waals surface area contributed by atoms with E-state index in [0.717, 1.165) is 30.0 Å². The van der Waals surface area contributed by atoms with E-state index < -0.39 is 6.10 Å². The van der Waals surface area contributed by atoms with Crippen molar-refractivity contribution in [2.24, 2.45) is 0 Å². The molecule has 1 heterocycles. The van der Waals surface area contributed by atoms with Crippen LogP contribution in [0.5, 0.6) is 0 Å². The van der Waals surface area contributed by atoms with Crippen LogP contribution >= 0.6 is 0 Å². The quantitative estimate of drug-likeness (QED) is 0.772. The number of hydrogen-bond acceptors (Lipinski definition) is 3. The highest BCUT2D eigenvalue weighted by atomic mass is 16.3. The Morgan fingerprint density at radius 3 is 2.71 bits per heavy atom. The maximum atomic E-state index is 9.41. The Kier molecular flexibility index (Phi) is 3.89. The minimum Gasteiger partial charge on any atom is -0.389 e. The highest BCUT2D eigenvalue weighted by Crippen LogP contribution is 2.17. The van der Waals surface area contributed by atoms with E-state index in [1.165, 1.54) is 0 Å². The van der Waals surface area contributed by atoms with Crippen molar-refractivity contribution in [3.63, 3.8) is 0 Å². The molecule has 0 saturated heterocycles. The van der Waals surface area contributed by atoms with Crippen molar-refractivity contribution in [1.29, 1.82) is 0 Å². The summed E-state index contributed by atoms with van der Waals surface area (Å²) in [5.41, 5.74) is 1.79. The molecule has 0 bridgehead atoms. The Labute approximate surface area is 85.2 Å². The number of aromatic nitrogens is 1. The molecule has 0 spiro atoms. The normalized spacial score (nSPS) is 12.6. The number of rotatable bonds is 4. The molecular formula is C11H18N2O. The summed E-state index contributed by atoms with van der Waals surface area (Å²) in [5.74, 6) is 0.883. The summed E-state index contributed by atoms with van der Waals surface area (Å²) in [7, 11) is 0. The molecule has 3 nitrogen and oxygen atoms in total. The standard InChI is InChI=1S/C11H18N2O/c1-4-7-12-11-6-5-10(9(3)14)8(2)13-11/h5-6,9,14H,4,7H2,1-3H3,(H,12,13)/t9-/m1/s1. The molecule has 0 amide bonds. The van der Waals surface area contributed by atoms with Crippen LogP contribution < -0.4 is 5.32 Å². The second kappa shape index (κ2) is 4.96. The van der Waals surface area contributed by atoms with Crippen LogP contribution in [0.25, 0.3) is 0 Å². The molecule has 0 aliphatic carbocycles. The molecule has 2 N–H and O–H groups in total. The van der Waals surface area contributed by atoms with E-state index in [-0.39, 0.29) is 0 Å². The van der Waals surface area contributed by atoms with Gasteiger partial charge in [-0.05, 0) is 26.3 Å². The smallest absolute Gasteiger partial charge is 0.126 e. The van der Waals surface area contributed by atoms with E-state index in [4.69, 9.17) is 0 Å². The minimum atomic E-state index is -0.442. The summed E-state index contributed by atoms with van der Waals surface area (Å²) in [4.78, 5) is 4.36. The van der Waals surface area contributed by atoms with Gasteiger partial charge in [0.25, 0.3) is 0 Å². The summed E-state index contributed by atoms with van der Waals surface area (Å²) in [6, 6.07) is 3.83. The van der Waals surface area contributed by atoms with Gasteiger partial charge in [-0.15, -0.1) is 0 Å². The molecule has 1 aromatic rings. The van der Waals surface area contributed by atoms with Gasteiger partial charge in [-0.1, -0.05) is 13.0 Å². The molecule has 0 aromatic carbocycles. The van der Waals surface area contributed by atoms with Gasteiger partial charge in [-0.25, -0.2) is 4.98 Å². The van der Waals surface area contributed by atoms with Gasteiger partial charge < -0.3 is 10.4 Å². The number of aliphatic hydroxyl groups excluding tert-OH is 1. The van der Waals surface area contributed by atoms with E-state index >= 15 is 0 Å². The largest absolute Gasteiger partial charge is 0.389 e. The van der Waals surface area contributed by atoms with Crippen molar-refractivity contribution in [1.82, 2.24) is 4.98 Å². The Hall–Kier alpha value is -1.09. The van der Waals surface area contributed by atoms with Crippen molar-refractivity contribution >= 4 is 5.82 Å². The Bertz CT molecular complexity index is 297. The van der Waals surface area contributed by atoms with Gasteiger partial charge in [0.15, 0.2) is 0 Å².